The molecule has 0 saturated carbocycles. The highest BCUT2D eigenvalue weighted by molar-refractivity contribution is 7.89. The largest absolute Gasteiger partial charge is 0.449 e. The fraction of sp³-hybridized carbons (Fsp3) is 0.200. The molecule has 4 rings (SSSR count). The van der Waals surface area contributed by atoms with Gasteiger partial charge in [-0.15, -0.1) is 0 Å². The summed E-state index contributed by atoms with van der Waals surface area (Å²) in [4.78, 5) is 24.9. The SMILES string of the molecule is CCn1c2ccccc2c2cc(NC(=O)C(C)OC(=O)c3cc(S(=O)(=O)NC)ccc3F)ccc21. The Morgan fingerprint density at radius 1 is 1.03 bits per heavy atom. The van der Waals surface area contributed by atoms with E-state index >= 15 is 0 Å². The third kappa shape index (κ3) is 4.62. The number of carbonyl (C=O) groups is 2. The van der Waals surface area contributed by atoms with Crippen molar-refractivity contribution in [2.24, 2.45) is 0 Å². The monoisotopic (exact) mass is 497 g/mol. The number of rotatable bonds is 7. The number of esters is 1. The van der Waals surface area contributed by atoms with E-state index < -0.39 is 39.4 Å². The van der Waals surface area contributed by atoms with Crippen molar-refractivity contribution in [2.45, 2.75) is 31.4 Å². The van der Waals surface area contributed by atoms with Crippen LogP contribution in [-0.4, -0.2) is 38.0 Å². The third-order valence-electron chi connectivity index (χ3n) is 5.75. The maximum Gasteiger partial charge on any atom is 0.341 e. The molecule has 0 spiro atoms. The number of nitrogens with one attached hydrogen (secondary N) is 2. The highest BCUT2D eigenvalue weighted by atomic mass is 32.2. The number of anilines is 1. The topological polar surface area (TPSA) is 106 Å². The zero-order valence-electron chi connectivity index (χ0n) is 19.3. The number of hydrogen-bond acceptors (Lipinski definition) is 5. The summed E-state index contributed by atoms with van der Waals surface area (Å²) in [7, 11) is -2.70. The molecule has 182 valence electrons. The van der Waals surface area contributed by atoms with E-state index in [0.29, 0.717) is 5.69 Å². The summed E-state index contributed by atoms with van der Waals surface area (Å²) in [6.07, 6.45) is -1.26. The molecule has 3 aromatic carbocycles. The maximum atomic E-state index is 14.2. The van der Waals surface area contributed by atoms with E-state index in [0.717, 1.165) is 46.5 Å². The number of carbonyl (C=O) groups excluding carboxylic acids is 2. The molecular formula is C25H24FN3O5S. The van der Waals surface area contributed by atoms with E-state index in [1.807, 2.05) is 36.4 Å². The Morgan fingerprint density at radius 2 is 1.74 bits per heavy atom. The Bertz CT molecular complexity index is 1560. The van der Waals surface area contributed by atoms with Crippen LogP contribution in [0.5, 0.6) is 0 Å². The molecule has 1 aromatic heterocycles. The van der Waals surface area contributed by atoms with Crippen LogP contribution in [0.25, 0.3) is 21.8 Å². The number of benzene rings is 3. The molecule has 0 fully saturated rings. The molecular weight excluding hydrogens is 473 g/mol. The van der Waals surface area contributed by atoms with Crippen LogP contribution in [0.15, 0.2) is 65.6 Å². The smallest absolute Gasteiger partial charge is 0.341 e. The summed E-state index contributed by atoms with van der Waals surface area (Å²) in [5, 5.41) is 4.73. The number of para-hydroxylation sites is 1. The molecule has 0 aliphatic rings. The zero-order valence-corrected chi connectivity index (χ0v) is 20.1. The van der Waals surface area contributed by atoms with Gasteiger partial charge in [-0.2, -0.15) is 0 Å². The summed E-state index contributed by atoms with van der Waals surface area (Å²) in [6.45, 7) is 4.20. The molecule has 4 aromatic rings. The van der Waals surface area contributed by atoms with Crippen molar-refractivity contribution in [1.82, 2.24) is 9.29 Å². The highest BCUT2D eigenvalue weighted by Gasteiger charge is 2.24. The fourth-order valence-electron chi connectivity index (χ4n) is 3.94. The van der Waals surface area contributed by atoms with Crippen LogP contribution in [-0.2, 0) is 26.1 Å². The van der Waals surface area contributed by atoms with Crippen LogP contribution in [0.4, 0.5) is 10.1 Å². The first-order valence-corrected chi connectivity index (χ1v) is 12.4. The fourth-order valence-corrected chi connectivity index (χ4v) is 4.70. The van der Waals surface area contributed by atoms with Crippen molar-refractivity contribution in [3.05, 3.63) is 72.0 Å². The van der Waals surface area contributed by atoms with E-state index in [2.05, 4.69) is 21.5 Å². The van der Waals surface area contributed by atoms with Crippen molar-refractivity contribution in [1.29, 1.82) is 0 Å². The average molecular weight is 498 g/mol. The second-order valence-corrected chi connectivity index (χ2v) is 9.77. The molecule has 8 nitrogen and oxygen atoms in total. The van der Waals surface area contributed by atoms with Crippen LogP contribution in [0.1, 0.15) is 24.2 Å². The van der Waals surface area contributed by atoms with Gasteiger partial charge in [-0.3, -0.25) is 4.79 Å². The minimum Gasteiger partial charge on any atom is -0.449 e. The number of fused-ring (bicyclic) bond motifs is 3. The van der Waals surface area contributed by atoms with Crippen molar-refractivity contribution in [3.63, 3.8) is 0 Å². The summed E-state index contributed by atoms with van der Waals surface area (Å²) in [5.74, 6) is -2.73. The Kier molecular flexibility index (Phi) is 6.60. The number of amides is 1. The molecule has 1 heterocycles. The lowest BCUT2D eigenvalue weighted by atomic mass is 10.1. The van der Waals surface area contributed by atoms with Gasteiger partial charge in [-0.25, -0.2) is 22.3 Å². The molecule has 1 unspecified atom stereocenters. The molecule has 1 amide bonds. The van der Waals surface area contributed by atoms with Gasteiger partial charge in [0.1, 0.15) is 5.82 Å². The van der Waals surface area contributed by atoms with E-state index in [-0.39, 0.29) is 4.90 Å². The van der Waals surface area contributed by atoms with Crippen LogP contribution in [0.2, 0.25) is 0 Å². The molecule has 1 atom stereocenters. The van der Waals surface area contributed by atoms with Crippen LogP contribution in [0.3, 0.4) is 0 Å². The van der Waals surface area contributed by atoms with Gasteiger partial charge < -0.3 is 14.6 Å². The van der Waals surface area contributed by atoms with E-state index in [1.165, 1.54) is 14.0 Å². The van der Waals surface area contributed by atoms with E-state index in [1.54, 1.807) is 6.07 Å². The minimum atomic E-state index is -3.90. The van der Waals surface area contributed by atoms with Crippen LogP contribution >= 0.6 is 0 Å². The zero-order chi connectivity index (χ0) is 25.3. The number of aromatic nitrogens is 1. The Labute approximate surface area is 201 Å². The lowest BCUT2D eigenvalue weighted by Gasteiger charge is -2.14. The molecule has 0 bridgehead atoms. The molecule has 0 aliphatic heterocycles. The van der Waals surface area contributed by atoms with Gasteiger partial charge in [0.2, 0.25) is 10.0 Å². The van der Waals surface area contributed by atoms with Gasteiger partial charge in [0.05, 0.1) is 10.5 Å². The lowest BCUT2D eigenvalue weighted by Crippen LogP contribution is -2.30. The number of sulfonamides is 1. The van der Waals surface area contributed by atoms with Crippen LogP contribution in [0, 0.1) is 5.82 Å². The summed E-state index contributed by atoms with van der Waals surface area (Å²) < 4.78 is 47.5. The molecule has 0 saturated heterocycles. The predicted molar refractivity (Wildman–Crippen MR) is 131 cm³/mol. The van der Waals surface area contributed by atoms with E-state index in [4.69, 9.17) is 4.74 Å². The van der Waals surface area contributed by atoms with Gasteiger partial charge >= 0.3 is 5.97 Å². The number of halogens is 1. The van der Waals surface area contributed by atoms with E-state index in [9.17, 15) is 22.4 Å². The molecule has 0 aliphatic carbocycles. The average Bonchev–Trinajstić information content (AvgIpc) is 3.17. The number of ether oxygens (including phenoxy) is 1. The standard InChI is InChI=1S/C25H24FN3O5S/c1-4-29-22-8-6-5-7-18(22)19-13-16(9-12-23(19)29)28-24(30)15(2)34-25(31)20-14-17(10-11-21(20)26)35(32,33)27-3/h5-15,27H,4H2,1-3H3,(H,28,30). The second kappa shape index (κ2) is 9.47. The van der Waals surface area contributed by atoms with Crippen molar-refractivity contribution in [3.8, 4) is 0 Å². The normalized spacial score (nSPS) is 12.6. The summed E-state index contributed by atoms with van der Waals surface area (Å²) in [6, 6.07) is 16.2. The molecule has 0 radical (unpaired) electrons. The Balaban J connectivity index is 1.54. The third-order valence-corrected chi connectivity index (χ3v) is 7.16. The van der Waals surface area contributed by atoms with Crippen LogP contribution < -0.4 is 10.0 Å². The first kappa shape index (κ1) is 24.4. The predicted octanol–water partition coefficient (Wildman–Crippen LogP) is 4.05. The van der Waals surface area contributed by atoms with Crippen molar-refractivity contribution >= 4 is 49.4 Å². The second-order valence-electron chi connectivity index (χ2n) is 7.88. The van der Waals surface area contributed by atoms with Gasteiger partial charge in [0, 0.05) is 34.0 Å². The molecule has 10 heteroatoms. The quantitative estimate of drug-likeness (QED) is 0.375. The number of nitrogens with zero attached hydrogens (tertiary/aromatic N) is 1. The highest BCUT2D eigenvalue weighted by Crippen LogP contribution is 2.31. The van der Waals surface area contributed by atoms with Gasteiger partial charge in [0.15, 0.2) is 6.10 Å². The maximum absolute atomic E-state index is 14.2. The minimum absolute atomic E-state index is 0.301. The Morgan fingerprint density at radius 3 is 2.46 bits per heavy atom. The number of hydrogen-bond donors (Lipinski definition) is 2. The van der Waals surface area contributed by atoms with Gasteiger partial charge in [0.25, 0.3) is 5.91 Å². The summed E-state index contributed by atoms with van der Waals surface area (Å²) in [5.41, 5.74) is 2.03. The first-order chi connectivity index (χ1) is 16.7. The van der Waals surface area contributed by atoms with Crippen molar-refractivity contribution < 1.29 is 27.1 Å². The lowest BCUT2D eigenvalue weighted by molar-refractivity contribution is -0.123. The first-order valence-electron chi connectivity index (χ1n) is 10.9. The van der Waals surface area contributed by atoms with Crippen molar-refractivity contribution in [2.75, 3.05) is 12.4 Å². The number of aryl methyl sites for hydroxylation is 1. The summed E-state index contributed by atoms with van der Waals surface area (Å²) >= 11 is 0. The molecule has 2 N–H and O–H groups in total. The van der Waals surface area contributed by atoms with Gasteiger partial charge in [-0.05, 0) is 63.4 Å². The molecule has 35 heavy (non-hydrogen) atoms. The Hall–Kier alpha value is -3.76. The van der Waals surface area contributed by atoms with Gasteiger partial charge in [-0.1, -0.05) is 18.2 Å².